The number of oxazole rings is 1. The van der Waals surface area contributed by atoms with Gasteiger partial charge in [0.2, 0.25) is 0 Å². The normalized spacial score (nSPS) is 10.6. The summed E-state index contributed by atoms with van der Waals surface area (Å²) in [6.45, 7) is 3.77. The van der Waals surface area contributed by atoms with E-state index in [1.165, 1.54) is 18.1 Å². The molecule has 2 aromatic rings. The highest BCUT2D eigenvalue weighted by Gasteiger charge is 2.08. The Labute approximate surface area is 96.1 Å². The first kappa shape index (κ1) is 10.4. The van der Waals surface area contributed by atoms with Crippen molar-refractivity contribution < 1.29 is 4.42 Å². The van der Waals surface area contributed by atoms with Crippen molar-refractivity contribution in [2.24, 2.45) is 0 Å². The Kier molecular flexibility index (Phi) is 2.93. The molecule has 2 rings (SSSR count). The first-order chi connectivity index (χ1) is 7.15. The summed E-state index contributed by atoms with van der Waals surface area (Å²) >= 11 is 7.06. The molecule has 0 spiro atoms. The van der Waals surface area contributed by atoms with Gasteiger partial charge >= 0.3 is 0 Å². The second-order valence-electron chi connectivity index (χ2n) is 2.90. The maximum Gasteiger partial charge on any atom is 0.262 e. The highest BCUT2D eigenvalue weighted by Crippen LogP contribution is 2.27. The summed E-state index contributed by atoms with van der Waals surface area (Å²) in [4.78, 5) is 12.1. The summed E-state index contributed by atoms with van der Waals surface area (Å²) in [7, 11) is 0. The van der Waals surface area contributed by atoms with Gasteiger partial charge in [-0.3, -0.25) is 0 Å². The predicted octanol–water partition coefficient (Wildman–Crippen LogP) is 2.89. The number of aryl methyl sites for hydroxylation is 2. The number of hydrogen-bond acceptors (Lipinski definition) is 5. The maximum absolute atomic E-state index is 5.73. The third kappa shape index (κ3) is 2.49. The van der Waals surface area contributed by atoms with Gasteiger partial charge in [0.15, 0.2) is 0 Å². The van der Waals surface area contributed by atoms with Crippen molar-refractivity contribution in [2.45, 2.75) is 24.1 Å². The molecule has 0 unspecified atom stereocenters. The molecule has 0 saturated carbocycles. The van der Waals surface area contributed by atoms with Crippen LogP contribution in [0.3, 0.4) is 0 Å². The summed E-state index contributed by atoms with van der Waals surface area (Å²) in [5, 5.41) is 1.70. The van der Waals surface area contributed by atoms with Crippen LogP contribution < -0.4 is 0 Å². The van der Waals surface area contributed by atoms with Gasteiger partial charge in [0, 0.05) is 6.07 Å². The molecular weight excluding hydrogens is 234 g/mol. The quantitative estimate of drug-likeness (QED) is 0.757. The van der Waals surface area contributed by atoms with E-state index in [4.69, 9.17) is 16.0 Å². The molecule has 0 N–H and O–H groups in total. The lowest BCUT2D eigenvalue weighted by atomic mass is 10.4. The molecular formula is C9H8ClN3OS. The number of hydrogen-bond donors (Lipinski definition) is 0. The first-order valence-electron chi connectivity index (χ1n) is 4.24. The molecule has 0 radical (unpaired) electrons. The molecule has 0 aromatic carbocycles. The molecule has 0 bridgehead atoms. The van der Waals surface area contributed by atoms with Crippen LogP contribution in [0.2, 0.25) is 5.15 Å². The third-order valence-corrected chi connectivity index (χ3v) is 2.80. The van der Waals surface area contributed by atoms with E-state index in [0.29, 0.717) is 10.4 Å². The fourth-order valence-corrected chi connectivity index (χ4v) is 1.96. The Morgan fingerprint density at radius 3 is 2.73 bits per heavy atom. The zero-order chi connectivity index (χ0) is 10.8. The lowest BCUT2D eigenvalue weighted by Crippen LogP contribution is -1.82. The largest absolute Gasteiger partial charge is 0.436 e. The van der Waals surface area contributed by atoms with Crippen molar-refractivity contribution in [1.82, 2.24) is 15.0 Å². The minimum absolute atomic E-state index is 0.410. The lowest BCUT2D eigenvalue weighted by Gasteiger charge is -1.94. The average Bonchev–Trinajstić information content (AvgIpc) is 2.45. The van der Waals surface area contributed by atoms with E-state index < -0.39 is 0 Å². The van der Waals surface area contributed by atoms with Crippen molar-refractivity contribution in [3.8, 4) is 0 Å². The maximum atomic E-state index is 5.73. The number of halogens is 1. The number of nitrogens with zero attached hydrogens (tertiary/aromatic N) is 3. The van der Waals surface area contributed by atoms with E-state index in [0.717, 1.165) is 16.5 Å². The molecule has 0 amide bonds. The van der Waals surface area contributed by atoms with E-state index in [-0.39, 0.29) is 0 Å². The van der Waals surface area contributed by atoms with Crippen LogP contribution in [-0.4, -0.2) is 15.0 Å². The zero-order valence-corrected chi connectivity index (χ0v) is 9.76. The van der Waals surface area contributed by atoms with Crippen LogP contribution in [0.25, 0.3) is 0 Å². The summed E-state index contributed by atoms with van der Waals surface area (Å²) < 4.78 is 5.41. The smallest absolute Gasteiger partial charge is 0.262 e. The molecule has 0 saturated heterocycles. The molecule has 2 heterocycles. The summed E-state index contributed by atoms with van der Waals surface area (Å²) in [5.41, 5.74) is 0.887. The van der Waals surface area contributed by atoms with Crippen molar-refractivity contribution in [1.29, 1.82) is 0 Å². The van der Waals surface area contributed by atoms with Crippen LogP contribution in [0.15, 0.2) is 27.1 Å². The van der Waals surface area contributed by atoms with Crippen molar-refractivity contribution in [3.05, 3.63) is 29.0 Å². The fraction of sp³-hybridized carbons (Fsp3) is 0.222. The SMILES string of the molecule is Cc1nc(Sc2cc(Cl)ncn2)oc1C. The Morgan fingerprint density at radius 2 is 2.13 bits per heavy atom. The van der Waals surface area contributed by atoms with Crippen molar-refractivity contribution >= 4 is 23.4 Å². The minimum atomic E-state index is 0.410. The van der Waals surface area contributed by atoms with E-state index in [1.54, 1.807) is 6.07 Å². The molecule has 78 valence electrons. The molecule has 0 atom stereocenters. The first-order valence-corrected chi connectivity index (χ1v) is 5.44. The fourth-order valence-electron chi connectivity index (χ4n) is 0.950. The topological polar surface area (TPSA) is 51.8 Å². The van der Waals surface area contributed by atoms with Gasteiger partial charge in [-0.25, -0.2) is 15.0 Å². The van der Waals surface area contributed by atoms with Crippen LogP contribution in [0.5, 0.6) is 0 Å². The Hall–Kier alpha value is -1.07. The van der Waals surface area contributed by atoms with Crippen molar-refractivity contribution in [3.63, 3.8) is 0 Å². The van der Waals surface area contributed by atoms with Crippen LogP contribution in [0.4, 0.5) is 0 Å². The molecule has 0 fully saturated rings. The average molecular weight is 242 g/mol. The van der Waals surface area contributed by atoms with Gasteiger partial charge in [-0.1, -0.05) is 11.6 Å². The monoisotopic (exact) mass is 241 g/mol. The Morgan fingerprint density at radius 1 is 1.33 bits per heavy atom. The summed E-state index contributed by atoms with van der Waals surface area (Å²) in [5.74, 6) is 0.817. The molecule has 0 aliphatic rings. The second kappa shape index (κ2) is 4.20. The van der Waals surface area contributed by atoms with Crippen LogP contribution in [-0.2, 0) is 0 Å². The molecule has 4 nitrogen and oxygen atoms in total. The molecule has 2 aromatic heterocycles. The van der Waals surface area contributed by atoms with Gasteiger partial charge in [-0.05, 0) is 25.6 Å². The van der Waals surface area contributed by atoms with Gasteiger partial charge in [-0.15, -0.1) is 0 Å². The van der Waals surface area contributed by atoms with Crippen LogP contribution in [0, 0.1) is 13.8 Å². The lowest BCUT2D eigenvalue weighted by molar-refractivity contribution is 0.431. The Bertz CT molecular complexity index is 466. The van der Waals surface area contributed by atoms with Gasteiger partial charge in [0.25, 0.3) is 5.22 Å². The van der Waals surface area contributed by atoms with E-state index in [2.05, 4.69) is 15.0 Å². The van der Waals surface area contributed by atoms with E-state index in [9.17, 15) is 0 Å². The van der Waals surface area contributed by atoms with Gasteiger partial charge in [-0.2, -0.15) is 0 Å². The number of aromatic nitrogens is 3. The van der Waals surface area contributed by atoms with Crippen LogP contribution >= 0.6 is 23.4 Å². The molecule has 15 heavy (non-hydrogen) atoms. The predicted molar refractivity (Wildman–Crippen MR) is 57.1 cm³/mol. The zero-order valence-electron chi connectivity index (χ0n) is 8.19. The molecule has 0 aliphatic heterocycles. The van der Waals surface area contributed by atoms with Crippen LogP contribution in [0.1, 0.15) is 11.5 Å². The number of rotatable bonds is 2. The second-order valence-corrected chi connectivity index (χ2v) is 4.26. The third-order valence-electron chi connectivity index (χ3n) is 1.81. The van der Waals surface area contributed by atoms with E-state index in [1.807, 2.05) is 13.8 Å². The summed E-state index contributed by atoms with van der Waals surface area (Å²) in [6, 6.07) is 1.67. The van der Waals surface area contributed by atoms with Gasteiger partial charge < -0.3 is 4.42 Å². The van der Waals surface area contributed by atoms with Gasteiger partial charge in [0.05, 0.1) is 5.69 Å². The highest BCUT2D eigenvalue weighted by atomic mass is 35.5. The van der Waals surface area contributed by atoms with E-state index >= 15 is 0 Å². The standard InChI is InChI=1S/C9H8ClN3OS/c1-5-6(2)14-9(13-5)15-8-3-7(10)11-4-12-8/h3-4H,1-2H3. The van der Waals surface area contributed by atoms with Crippen molar-refractivity contribution in [2.75, 3.05) is 0 Å². The van der Waals surface area contributed by atoms with Gasteiger partial charge in [0.1, 0.15) is 22.3 Å². The molecule has 0 aliphatic carbocycles. The minimum Gasteiger partial charge on any atom is -0.436 e. The molecule has 6 heteroatoms. The highest BCUT2D eigenvalue weighted by molar-refractivity contribution is 7.99. The summed E-state index contributed by atoms with van der Waals surface area (Å²) in [6.07, 6.45) is 1.41. The Balaban J connectivity index is 2.22.